The number of anilines is 1. The van der Waals surface area contributed by atoms with Crippen molar-refractivity contribution in [3.05, 3.63) is 110 Å². The molecule has 36 heavy (non-hydrogen) atoms. The molecule has 1 atom stereocenters. The first kappa shape index (κ1) is 23.8. The van der Waals surface area contributed by atoms with Crippen LogP contribution in [0.1, 0.15) is 70.3 Å². The fourth-order valence-corrected chi connectivity index (χ4v) is 4.73. The lowest BCUT2D eigenvalue weighted by Crippen LogP contribution is -2.29. The molecule has 3 aromatic carbocycles. The van der Waals surface area contributed by atoms with Crippen LogP contribution in [-0.2, 0) is 4.74 Å². The Labute approximate surface area is 213 Å². The normalized spacial score (nSPS) is 15.0. The van der Waals surface area contributed by atoms with E-state index in [1.54, 1.807) is 49.4 Å². The lowest BCUT2D eigenvalue weighted by Gasteiger charge is -2.25. The van der Waals surface area contributed by atoms with Crippen LogP contribution < -0.4 is 10.3 Å². The molecule has 0 radical (unpaired) electrons. The van der Waals surface area contributed by atoms with E-state index in [0.717, 1.165) is 11.1 Å². The molecule has 1 amide bonds. The van der Waals surface area contributed by atoms with E-state index in [1.807, 2.05) is 24.3 Å². The zero-order chi connectivity index (χ0) is 25.6. The molecule has 5 rings (SSSR count). The van der Waals surface area contributed by atoms with E-state index in [1.165, 1.54) is 4.90 Å². The molecule has 0 fully saturated rings. The van der Waals surface area contributed by atoms with Gasteiger partial charge in [-0.05, 0) is 66.4 Å². The largest absolute Gasteiger partial charge is 0.462 e. The molecule has 0 spiro atoms. The number of benzene rings is 3. The Balaban J connectivity index is 1.69. The second-order valence-electron chi connectivity index (χ2n) is 8.98. The third-order valence-corrected chi connectivity index (χ3v) is 6.64. The van der Waals surface area contributed by atoms with Crippen LogP contribution in [0.4, 0.5) is 5.69 Å². The second-order valence-corrected chi connectivity index (χ2v) is 9.42. The first-order valence-corrected chi connectivity index (χ1v) is 12.1. The summed E-state index contributed by atoms with van der Waals surface area (Å²) in [5.74, 6) is -0.539. The minimum Gasteiger partial charge on any atom is -0.462 e. The van der Waals surface area contributed by atoms with E-state index < -0.39 is 17.9 Å². The maximum atomic E-state index is 13.7. The van der Waals surface area contributed by atoms with Crippen molar-refractivity contribution in [1.29, 1.82) is 0 Å². The van der Waals surface area contributed by atoms with Crippen LogP contribution in [0.25, 0.3) is 11.0 Å². The van der Waals surface area contributed by atoms with Crippen LogP contribution in [0, 0.1) is 0 Å². The van der Waals surface area contributed by atoms with E-state index in [2.05, 4.69) is 13.8 Å². The molecule has 1 aliphatic rings. The van der Waals surface area contributed by atoms with Gasteiger partial charge in [0, 0.05) is 10.7 Å². The summed E-state index contributed by atoms with van der Waals surface area (Å²) in [6, 6.07) is 18.5. The van der Waals surface area contributed by atoms with E-state index in [0.29, 0.717) is 33.2 Å². The highest BCUT2D eigenvalue weighted by Crippen LogP contribution is 2.41. The van der Waals surface area contributed by atoms with Gasteiger partial charge in [-0.3, -0.25) is 14.5 Å². The molecule has 1 aromatic heterocycles. The van der Waals surface area contributed by atoms with Crippen molar-refractivity contribution >= 4 is 40.1 Å². The summed E-state index contributed by atoms with van der Waals surface area (Å²) in [5.41, 5.74) is 3.08. The Bertz CT molecular complexity index is 1540. The maximum absolute atomic E-state index is 13.7. The minimum absolute atomic E-state index is 0.00206. The van der Waals surface area contributed by atoms with Crippen LogP contribution in [0.15, 0.2) is 75.9 Å². The number of fused-ring (bicyclic) bond motifs is 2. The van der Waals surface area contributed by atoms with Gasteiger partial charge in [-0.2, -0.15) is 0 Å². The first-order chi connectivity index (χ1) is 17.3. The number of carbonyl (C=O) groups is 2. The van der Waals surface area contributed by atoms with Gasteiger partial charge in [0.15, 0.2) is 5.43 Å². The standard InChI is InChI=1S/C29H24ClNO5/c1-4-35-29(34)19-9-12-21(13-10-19)31-25(18-7-5-17(6-8-18)16(2)3)24-26(32)22-15-20(30)11-14-23(22)36-27(24)28(31)33/h5-16,25H,4H2,1-3H3. The highest BCUT2D eigenvalue weighted by molar-refractivity contribution is 6.31. The van der Waals surface area contributed by atoms with Crippen LogP contribution in [0.2, 0.25) is 5.02 Å². The van der Waals surface area contributed by atoms with Crippen molar-refractivity contribution in [3.63, 3.8) is 0 Å². The van der Waals surface area contributed by atoms with Gasteiger partial charge in [-0.15, -0.1) is 0 Å². The van der Waals surface area contributed by atoms with Crippen molar-refractivity contribution < 1.29 is 18.7 Å². The number of halogens is 1. The minimum atomic E-state index is -0.707. The van der Waals surface area contributed by atoms with E-state index in [4.69, 9.17) is 20.8 Å². The number of nitrogens with zero attached hydrogens (tertiary/aromatic N) is 1. The lowest BCUT2D eigenvalue weighted by atomic mass is 9.95. The number of rotatable bonds is 5. The van der Waals surface area contributed by atoms with Crippen LogP contribution in [-0.4, -0.2) is 18.5 Å². The number of ether oxygens (including phenoxy) is 1. The summed E-state index contributed by atoms with van der Waals surface area (Å²) in [4.78, 5) is 41.1. The average molecular weight is 502 g/mol. The molecule has 182 valence electrons. The third kappa shape index (κ3) is 3.97. The number of esters is 1. The van der Waals surface area contributed by atoms with Crippen molar-refractivity contribution in [2.24, 2.45) is 0 Å². The lowest BCUT2D eigenvalue weighted by molar-refractivity contribution is 0.0526. The number of amides is 1. The Hall–Kier alpha value is -3.90. The zero-order valence-electron chi connectivity index (χ0n) is 20.1. The number of carbonyl (C=O) groups excluding carboxylic acids is 2. The number of hydrogen-bond acceptors (Lipinski definition) is 5. The summed E-state index contributed by atoms with van der Waals surface area (Å²) in [6.45, 7) is 6.21. The topological polar surface area (TPSA) is 76.8 Å². The van der Waals surface area contributed by atoms with Gasteiger partial charge in [-0.25, -0.2) is 4.79 Å². The second kappa shape index (κ2) is 9.28. The van der Waals surface area contributed by atoms with Gasteiger partial charge in [0.25, 0.3) is 5.91 Å². The molecule has 2 heterocycles. The summed E-state index contributed by atoms with van der Waals surface area (Å²) in [5, 5.41) is 0.723. The third-order valence-electron chi connectivity index (χ3n) is 6.41. The molecular formula is C29H24ClNO5. The van der Waals surface area contributed by atoms with E-state index in [-0.39, 0.29) is 23.4 Å². The molecule has 6 nitrogen and oxygen atoms in total. The van der Waals surface area contributed by atoms with Gasteiger partial charge < -0.3 is 9.15 Å². The van der Waals surface area contributed by atoms with Crippen LogP contribution in [0.3, 0.4) is 0 Å². The molecule has 1 unspecified atom stereocenters. The van der Waals surface area contributed by atoms with Gasteiger partial charge >= 0.3 is 5.97 Å². The quantitative estimate of drug-likeness (QED) is 0.292. The molecule has 1 aliphatic heterocycles. The van der Waals surface area contributed by atoms with Crippen LogP contribution >= 0.6 is 11.6 Å². The molecule has 0 bridgehead atoms. The summed E-state index contributed by atoms with van der Waals surface area (Å²) in [6.07, 6.45) is 0. The fraction of sp³-hybridized carbons (Fsp3) is 0.207. The average Bonchev–Trinajstić information content (AvgIpc) is 3.17. The first-order valence-electron chi connectivity index (χ1n) is 11.8. The molecule has 7 heteroatoms. The van der Waals surface area contributed by atoms with Crippen molar-refractivity contribution in [3.8, 4) is 0 Å². The van der Waals surface area contributed by atoms with Crippen molar-refractivity contribution in [2.45, 2.75) is 32.7 Å². The number of hydrogen-bond donors (Lipinski definition) is 0. The molecule has 0 saturated heterocycles. The van der Waals surface area contributed by atoms with Crippen LogP contribution in [0.5, 0.6) is 0 Å². The summed E-state index contributed by atoms with van der Waals surface area (Å²) < 4.78 is 11.1. The Morgan fingerprint density at radius 1 is 1.03 bits per heavy atom. The predicted molar refractivity (Wildman–Crippen MR) is 139 cm³/mol. The predicted octanol–water partition coefficient (Wildman–Crippen LogP) is 6.50. The van der Waals surface area contributed by atoms with E-state index in [9.17, 15) is 14.4 Å². The van der Waals surface area contributed by atoms with Crippen molar-refractivity contribution in [1.82, 2.24) is 0 Å². The molecule has 0 saturated carbocycles. The van der Waals surface area contributed by atoms with Gasteiger partial charge in [0.2, 0.25) is 5.76 Å². The SMILES string of the molecule is CCOC(=O)c1ccc(N2C(=O)c3oc4ccc(Cl)cc4c(=O)c3C2c2ccc(C(C)C)cc2)cc1. The fourth-order valence-electron chi connectivity index (χ4n) is 4.56. The molecular weight excluding hydrogens is 478 g/mol. The molecule has 4 aromatic rings. The highest BCUT2D eigenvalue weighted by atomic mass is 35.5. The Morgan fingerprint density at radius 3 is 2.36 bits per heavy atom. The van der Waals surface area contributed by atoms with E-state index >= 15 is 0 Å². The smallest absolute Gasteiger partial charge is 0.338 e. The Morgan fingerprint density at radius 2 is 1.72 bits per heavy atom. The summed E-state index contributed by atoms with van der Waals surface area (Å²) >= 11 is 6.16. The monoisotopic (exact) mass is 501 g/mol. The zero-order valence-corrected chi connectivity index (χ0v) is 20.8. The highest BCUT2D eigenvalue weighted by Gasteiger charge is 2.43. The van der Waals surface area contributed by atoms with Gasteiger partial charge in [-0.1, -0.05) is 49.7 Å². The summed E-state index contributed by atoms with van der Waals surface area (Å²) in [7, 11) is 0. The molecule has 0 N–H and O–H groups in total. The van der Waals surface area contributed by atoms with Crippen molar-refractivity contribution in [2.75, 3.05) is 11.5 Å². The maximum Gasteiger partial charge on any atom is 0.338 e. The van der Waals surface area contributed by atoms with Gasteiger partial charge in [0.05, 0.1) is 29.2 Å². The molecule has 0 aliphatic carbocycles. The van der Waals surface area contributed by atoms with Gasteiger partial charge in [0.1, 0.15) is 5.58 Å². The Kier molecular flexibility index (Phi) is 6.14.